The molecule has 5 atom stereocenters. The van der Waals surface area contributed by atoms with E-state index in [0.29, 0.717) is 24.7 Å². The summed E-state index contributed by atoms with van der Waals surface area (Å²) in [6.45, 7) is 5.45. The van der Waals surface area contributed by atoms with Crippen molar-refractivity contribution in [2.24, 2.45) is 17.8 Å². The van der Waals surface area contributed by atoms with Crippen LogP contribution >= 0.6 is 0 Å². The SMILES string of the molecule is Cc1cccc(C[C@@H](O)C=C[C@@H]2[C@H]3CC(CNCCC(=O)N4CCCCC4)=C[C@H]3C[C@H]2O)c1. The molecule has 3 N–H and O–H groups in total. The largest absolute Gasteiger partial charge is 0.392 e. The number of aryl methyl sites for hydroxylation is 1. The normalized spacial score (nSPS) is 28.2. The molecule has 1 aromatic rings. The minimum atomic E-state index is -0.536. The van der Waals surface area contributed by atoms with Crippen LogP contribution in [0, 0.1) is 24.7 Å². The van der Waals surface area contributed by atoms with Crippen LogP contribution in [-0.4, -0.2) is 59.4 Å². The average Bonchev–Trinajstić information content (AvgIpc) is 3.32. The van der Waals surface area contributed by atoms with Crippen LogP contribution in [0.2, 0.25) is 0 Å². The first-order valence-electron chi connectivity index (χ1n) is 12.8. The van der Waals surface area contributed by atoms with Gasteiger partial charge in [0.05, 0.1) is 12.2 Å². The van der Waals surface area contributed by atoms with Crippen LogP contribution in [0.4, 0.5) is 0 Å². The van der Waals surface area contributed by atoms with E-state index < -0.39 is 6.10 Å². The van der Waals surface area contributed by atoms with E-state index in [-0.39, 0.29) is 17.9 Å². The molecule has 0 bridgehead atoms. The lowest BCUT2D eigenvalue weighted by Crippen LogP contribution is -2.37. The highest BCUT2D eigenvalue weighted by atomic mass is 16.3. The Kier molecular flexibility index (Phi) is 8.39. The van der Waals surface area contributed by atoms with Gasteiger partial charge in [-0.2, -0.15) is 0 Å². The molecular formula is C28H40N2O3. The molecule has 1 saturated heterocycles. The van der Waals surface area contributed by atoms with Gasteiger partial charge in [-0.25, -0.2) is 0 Å². The van der Waals surface area contributed by atoms with Crippen molar-refractivity contribution in [1.82, 2.24) is 10.2 Å². The fourth-order valence-corrected chi connectivity index (χ4v) is 5.89. The zero-order chi connectivity index (χ0) is 23.2. The van der Waals surface area contributed by atoms with Crippen LogP contribution < -0.4 is 5.32 Å². The van der Waals surface area contributed by atoms with E-state index in [4.69, 9.17) is 0 Å². The van der Waals surface area contributed by atoms with Gasteiger partial charge in [-0.05, 0) is 56.4 Å². The molecule has 1 aromatic carbocycles. The molecule has 2 aliphatic carbocycles. The predicted molar refractivity (Wildman–Crippen MR) is 132 cm³/mol. The number of hydrogen-bond donors (Lipinski definition) is 3. The monoisotopic (exact) mass is 452 g/mol. The molecule has 4 rings (SSSR count). The van der Waals surface area contributed by atoms with Crippen molar-refractivity contribution < 1.29 is 15.0 Å². The van der Waals surface area contributed by atoms with Gasteiger partial charge >= 0.3 is 0 Å². The second-order valence-corrected chi connectivity index (χ2v) is 10.3. The van der Waals surface area contributed by atoms with E-state index in [9.17, 15) is 15.0 Å². The van der Waals surface area contributed by atoms with Gasteiger partial charge in [-0.15, -0.1) is 0 Å². The Morgan fingerprint density at radius 2 is 2.09 bits per heavy atom. The highest BCUT2D eigenvalue weighted by Gasteiger charge is 2.43. The van der Waals surface area contributed by atoms with E-state index in [0.717, 1.165) is 57.4 Å². The lowest BCUT2D eigenvalue weighted by Gasteiger charge is -2.26. The number of likely N-dealkylation sites (tertiary alicyclic amines) is 1. The molecule has 0 radical (unpaired) electrons. The first-order valence-corrected chi connectivity index (χ1v) is 12.8. The number of amides is 1. The second-order valence-electron chi connectivity index (χ2n) is 10.3. The highest BCUT2D eigenvalue weighted by Crippen LogP contribution is 2.47. The number of rotatable bonds is 9. The Morgan fingerprint density at radius 3 is 2.88 bits per heavy atom. The molecule has 0 aromatic heterocycles. The van der Waals surface area contributed by atoms with Crippen molar-refractivity contribution in [2.75, 3.05) is 26.2 Å². The number of aliphatic hydroxyl groups excluding tert-OH is 2. The Labute approximate surface area is 198 Å². The third-order valence-electron chi connectivity index (χ3n) is 7.61. The fraction of sp³-hybridized carbons (Fsp3) is 0.607. The van der Waals surface area contributed by atoms with Crippen molar-refractivity contribution >= 4 is 5.91 Å². The van der Waals surface area contributed by atoms with Gasteiger partial charge in [0, 0.05) is 44.9 Å². The Morgan fingerprint density at radius 1 is 1.27 bits per heavy atom. The minimum Gasteiger partial charge on any atom is -0.392 e. The topological polar surface area (TPSA) is 72.8 Å². The number of hydrogen-bond acceptors (Lipinski definition) is 4. The van der Waals surface area contributed by atoms with Crippen LogP contribution in [0.1, 0.15) is 49.7 Å². The van der Waals surface area contributed by atoms with Crippen LogP contribution in [0.15, 0.2) is 48.1 Å². The fourth-order valence-electron chi connectivity index (χ4n) is 5.89. The van der Waals surface area contributed by atoms with Gasteiger partial charge < -0.3 is 20.4 Å². The third kappa shape index (κ3) is 6.56. The van der Waals surface area contributed by atoms with Crippen LogP contribution in [0.3, 0.4) is 0 Å². The number of carbonyl (C=O) groups excluding carboxylic acids is 1. The molecule has 1 amide bonds. The van der Waals surface area contributed by atoms with Crippen LogP contribution in [-0.2, 0) is 11.2 Å². The summed E-state index contributed by atoms with van der Waals surface area (Å²) in [5.41, 5.74) is 3.72. The number of benzene rings is 1. The van der Waals surface area contributed by atoms with Crippen molar-refractivity contribution in [3.63, 3.8) is 0 Å². The lowest BCUT2D eigenvalue weighted by atomic mass is 9.89. The molecular weight excluding hydrogens is 412 g/mol. The number of aliphatic hydroxyl groups is 2. The van der Waals surface area contributed by atoms with E-state index in [1.165, 1.54) is 17.6 Å². The highest BCUT2D eigenvalue weighted by molar-refractivity contribution is 5.76. The van der Waals surface area contributed by atoms with E-state index >= 15 is 0 Å². The summed E-state index contributed by atoms with van der Waals surface area (Å²) in [4.78, 5) is 14.3. The number of piperidine rings is 1. The zero-order valence-electron chi connectivity index (χ0n) is 20.0. The summed E-state index contributed by atoms with van der Waals surface area (Å²) < 4.78 is 0. The maximum absolute atomic E-state index is 12.3. The molecule has 5 nitrogen and oxygen atoms in total. The number of nitrogens with zero attached hydrogens (tertiary/aromatic N) is 1. The molecule has 0 unspecified atom stereocenters. The average molecular weight is 453 g/mol. The van der Waals surface area contributed by atoms with E-state index in [1.807, 2.05) is 23.1 Å². The maximum Gasteiger partial charge on any atom is 0.223 e. The standard InChI is InChI=1S/C28H40N2O3/c1-20-6-5-7-21(14-20)16-24(31)8-9-25-26-17-22(15-23(26)18-27(25)32)19-29-11-10-28(33)30-12-3-2-4-13-30/h5-9,14-15,23-27,29,31-32H,2-4,10-13,16-19H2,1H3/t23-,24-,25+,26-,27+/m0/s1. The predicted octanol–water partition coefficient (Wildman–Crippen LogP) is 3.39. The third-order valence-corrected chi connectivity index (χ3v) is 7.61. The lowest BCUT2D eigenvalue weighted by molar-refractivity contribution is -0.131. The van der Waals surface area contributed by atoms with Crippen LogP contribution in [0.5, 0.6) is 0 Å². The summed E-state index contributed by atoms with van der Waals surface area (Å²) in [6, 6.07) is 8.24. The molecule has 1 saturated carbocycles. The molecule has 0 spiro atoms. The summed E-state index contributed by atoms with van der Waals surface area (Å²) in [6.07, 6.45) is 11.9. The molecule has 3 aliphatic rings. The summed E-state index contributed by atoms with van der Waals surface area (Å²) in [7, 11) is 0. The number of carbonyl (C=O) groups is 1. The first-order chi connectivity index (χ1) is 16.0. The number of fused-ring (bicyclic) bond motifs is 1. The van der Waals surface area contributed by atoms with Crippen molar-refractivity contribution in [3.05, 3.63) is 59.2 Å². The maximum atomic E-state index is 12.3. The van der Waals surface area contributed by atoms with E-state index in [2.05, 4.69) is 36.5 Å². The van der Waals surface area contributed by atoms with Crippen molar-refractivity contribution in [2.45, 2.75) is 64.1 Å². The Balaban J connectivity index is 1.21. The van der Waals surface area contributed by atoms with Gasteiger partial charge in [-0.1, -0.05) is 53.6 Å². The van der Waals surface area contributed by atoms with Crippen molar-refractivity contribution in [1.29, 1.82) is 0 Å². The Hall–Kier alpha value is -1.95. The second kappa shape index (κ2) is 11.5. The number of allylic oxidation sites excluding steroid dienone is 1. The van der Waals surface area contributed by atoms with Gasteiger partial charge in [0.15, 0.2) is 0 Å². The smallest absolute Gasteiger partial charge is 0.223 e. The summed E-state index contributed by atoms with van der Waals surface area (Å²) in [5.74, 6) is 1.19. The first kappa shape index (κ1) is 24.2. The molecule has 2 fully saturated rings. The Bertz CT molecular complexity index is 858. The van der Waals surface area contributed by atoms with Gasteiger partial charge in [0.2, 0.25) is 5.91 Å². The molecule has 1 aliphatic heterocycles. The zero-order valence-corrected chi connectivity index (χ0v) is 20.0. The minimum absolute atomic E-state index is 0.0941. The van der Waals surface area contributed by atoms with E-state index in [1.54, 1.807) is 0 Å². The van der Waals surface area contributed by atoms with Gasteiger partial charge in [-0.3, -0.25) is 4.79 Å². The van der Waals surface area contributed by atoms with Crippen LogP contribution in [0.25, 0.3) is 0 Å². The molecule has 1 heterocycles. The molecule has 33 heavy (non-hydrogen) atoms. The summed E-state index contributed by atoms with van der Waals surface area (Å²) >= 11 is 0. The van der Waals surface area contributed by atoms with Gasteiger partial charge in [0.25, 0.3) is 0 Å². The summed E-state index contributed by atoms with van der Waals surface area (Å²) in [5, 5.41) is 24.6. The van der Waals surface area contributed by atoms with Crippen molar-refractivity contribution in [3.8, 4) is 0 Å². The molecule has 5 heteroatoms. The number of nitrogens with one attached hydrogen (secondary N) is 1. The van der Waals surface area contributed by atoms with Gasteiger partial charge in [0.1, 0.15) is 0 Å². The quantitative estimate of drug-likeness (QED) is 0.397. The molecule has 180 valence electrons.